The van der Waals surface area contributed by atoms with E-state index in [1.165, 1.54) is 6.07 Å². The standard InChI is InChI=1S/C41H50FN3O5/c1-41(2,3)50-40(47)44-24-32(27-49-5)37(30-15-9-14-29(22-30)28-12-7-6-8-13-28)34(26-44)39(46)45(33-18-19-33)25-31-23-43(20-11-21-48-4)36-17-10-16-35(42)38(31)36/h6-10,12-17,22-23,32-34,37H,11,18-21,24-27H2,1-5H3/t32?,34-,37-/m0/s1. The lowest BCUT2D eigenvalue weighted by Gasteiger charge is -2.45. The smallest absolute Gasteiger partial charge is 0.410 e. The van der Waals surface area contributed by atoms with Crippen LogP contribution in [0.3, 0.4) is 0 Å². The molecule has 3 aromatic carbocycles. The average molecular weight is 684 g/mol. The van der Waals surface area contributed by atoms with E-state index in [1.807, 2.05) is 62.2 Å². The van der Waals surface area contributed by atoms with Crippen molar-refractivity contribution in [1.29, 1.82) is 0 Å². The predicted octanol–water partition coefficient (Wildman–Crippen LogP) is 7.89. The zero-order chi connectivity index (χ0) is 35.4. The molecule has 1 aliphatic carbocycles. The van der Waals surface area contributed by atoms with Crippen molar-refractivity contribution >= 4 is 22.9 Å². The summed E-state index contributed by atoms with van der Waals surface area (Å²) in [7, 11) is 3.34. The molecular weight excluding hydrogens is 633 g/mol. The summed E-state index contributed by atoms with van der Waals surface area (Å²) >= 11 is 0. The highest BCUT2D eigenvalue weighted by atomic mass is 19.1. The first-order valence-corrected chi connectivity index (χ1v) is 17.8. The van der Waals surface area contributed by atoms with Crippen LogP contribution in [0.5, 0.6) is 0 Å². The molecule has 0 N–H and O–H groups in total. The minimum atomic E-state index is -0.685. The van der Waals surface area contributed by atoms with Gasteiger partial charge in [-0.15, -0.1) is 0 Å². The molecule has 1 aliphatic heterocycles. The fourth-order valence-corrected chi connectivity index (χ4v) is 7.54. The number of methoxy groups -OCH3 is 2. The lowest BCUT2D eigenvalue weighted by molar-refractivity contribution is -0.140. The van der Waals surface area contributed by atoms with Gasteiger partial charge in [0, 0.05) is 76.5 Å². The van der Waals surface area contributed by atoms with Crippen LogP contribution < -0.4 is 0 Å². The third kappa shape index (κ3) is 8.05. The number of halogens is 1. The Kier molecular flexibility index (Phi) is 10.9. The molecule has 2 amide bonds. The van der Waals surface area contributed by atoms with Crippen LogP contribution in [-0.2, 0) is 32.1 Å². The predicted molar refractivity (Wildman–Crippen MR) is 193 cm³/mol. The number of likely N-dealkylation sites (tertiary alicyclic amines) is 1. The van der Waals surface area contributed by atoms with Gasteiger partial charge in [0.05, 0.1) is 18.0 Å². The number of carbonyl (C=O) groups excluding carboxylic acids is 2. The van der Waals surface area contributed by atoms with Crippen LogP contribution in [0.4, 0.5) is 9.18 Å². The monoisotopic (exact) mass is 683 g/mol. The Morgan fingerprint density at radius 2 is 1.66 bits per heavy atom. The Balaban J connectivity index is 1.40. The van der Waals surface area contributed by atoms with Crippen LogP contribution in [-0.4, -0.2) is 78.5 Å². The van der Waals surface area contributed by atoms with Gasteiger partial charge in [-0.3, -0.25) is 4.79 Å². The molecule has 2 fully saturated rings. The number of benzene rings is 3. The Bertz CT molecular complexity index is 1780. The highest BCUT2D eigenvalue weighted by Crippen LogP contribution is 2.42. The van der Waals surface area contributed by atoms with Crippen LogP contribution in [0.25, 0.3) is 22.0 Å². The first kappa shape index (κ1) is 35.6. The van der Waals surface area contributed by atoms with Crippen molar-refractivity contribution in [2.24, 2.45) is 11.8 Å². The Morgan fingerprint density at radius 1 is 0.920 bits per heavy atom. The Hall–Kier alpha value is -4.21. The van der Waals surface area contributed by atoms with Crippen LogP contribution in [0.2, 0.25) is 0 Å². The zero-order valence-electron chi connectivity index (χ0n) is 29.9. The van der Waals surface area contributed by atoms with Crippen molar-refractivity contribution in [2.75, 3.05) is 40.5 Å². The van der Waals surface area contributed by atoms with Crippen molar-refractivity contribution in [3.8, 4) is 11.1 Å². The van der Waals surface area contributed by atoms with Crippen LogP contribution in [0, 0.1) is 17.7 Å². The molecule has 0 bridgehead atoms. The largest absolute Gasteiger partial charge is 0.444 e. The summed E-state index contributed by atoms with van der Waals surface area (Å²) in [5.74, 6) is -1.28. The number of ether oxygens (including phenoxy) is 3. The van der Waals surface area contributed by atoms with Gasteiger partial charge in [0.25, 0.3) is 0 Å². The number of hydrogen-bond acceptors (Lipinski definition) is 5. The zero-order valence-corrected chi connectivity index (χ0v) is 29.9. The van der Waals surface area contributed by atoms with E-state index in [-0.39, 0.29) is 42.7 Å². The van der Waals surface area contributed by atoms with Crippen molar-refractivity contribution in [2.45, 2.75) is 70.7 Å². The molecule has 6 rings (SSSR count). The van der Waals surface area contributed by atoms with Crippen LogP contribution >= 0.6 is 0 Å². The molecule has 1 unspecified atom stereocenters. The minimum absolute atomic E-state index is 0.0337. The normalized spacial score (nSPS) is 19.5. The van der Waals surface area contributed by atoms with Crippen LogP contribution in [0.15, 0.2) is 79.0 Å². The molecular formula is C41H50FN3O5. The minimum Gasteiger partial charge on any atom is -0.444 e. The van der Waals surface area contributed by atoms with Gasteiger partial charge in [0.2, 0.25) is 5.91 Å². The second-order valence-electron chi connectivity index (χ2n) is 14.7. The number of aryl methyl sites for hydroxylation is 1. The van der Waals surface area contributed by atoms with E-state index in [9.17, 15) is 4.79 Å². The Labute approximate surface area is 295 Å². The molecule has 1 saturated heterocycles. The van der Waals surface area contributed by atoms with Crippen molar-refractivity contribution in [1.82, 2.24) is 14.4 Å². The fourth-order valence-electron chi connectivity index (χ4n) is 7.54. The van der Waals surface area contributed by atoms with Gasteiger partial charge in [-0.25, -0.2) is 9.18 Å². The molecule has 3 atom stereocenters. The number of nitrogens with zero attached hydrogens (tertiary/aromatic N) is 3. The lowest BCUT2D eigenvalue weighted by atomic mass is 9.72. The van der Waals surface area contributed by atoms with Crippen LogP contribution in [0.1, 0.15) is 57.1 Å². The average Bonchev–Trinajstić information content (AvgIpc) is 3.88. The topological polar surface area (TPSA) is 73.2 Å². The summed E-state index contributed by atoms with van der Waals surface area (Å²) < 4.78 is 34.5. The lowest BCUT2D eigenvalue weighted by Crippen LogP contribution is -2.55. The van der Waals surface area contributed by atoms with E-state index in [0.717, 1.165) is 47.0 Å². The first-order valence-electron chi connectivity index (χ1n) is 17.8. The van der Waals surface area contributed by atoms with E-state index < -0.39 is 17.6 Å². The summed E-state index contributed by atoms with van der Waals surface area (Å²) in [6.07, 6.45) is 4.12. The molecule has 266 valence electrons. The highest BCUT2D eigenvalue weighted by Gasteiger charge is 2.47. The molecule has 50 heavy (non-hydrogen) atoms. The molecule has 8 nitrogen and oxygen atoms in total. The molecule has 2 heterocycles. The van der Waals surface area contributed by atoms with E-state index in [1.54, 1.807) is 25.2 Å². The second kappa shape index (κ2) is 15.4. The van der Waals surface area contributed by atoms with E-state index in [2.05, 4.69) is 34.9 Å². The van der Waals surface area contributed by atoms with E-state index in [4.69, 9.17) is 14.2 Å². The maximum Gasteiger partial charge on any atom is 0.410 e. The third-order valence-electron chi connectivity index (χ3n) is 9.83. The molecule has 2 aliphatic rings. The molecule has 4 aromatic rings. The maximum atomic E-state index is 15.5. The fraction of sp³-hybridized carbons (Fsp3) is 0.463. The number of aromatic nitrogens is 1. The van der Waals surface area contributed by atoms with Gasteiger partial charge < -0.3 is 28.6 Å². The quantitative estimate of drug-likeness (QED) is 0.142. The number of amides is 2. The number of piperidine rings is 1. The molecule has 1 aromatic heterocycles. The van der Waals surface area contributed by atoms with E-state index in [0.29, 0.717) is 31.7 Å². The van der Waals surface area contributed by atoms with Gasteiger partial charge in [0.15, 0.2) is 0 Å². The van der Waals surface area contributed by atoms with Crippen molar-refractivity contribution < 1.29 is 28.2 Å². The molecule has 0 spiro atoms. The SMILES string of the molecule is COCCCn1cc(CN(C(=O)[C@H]2CN(C(=O)OC(C)(C)C)CC(COC)[C@@H]2c2cccc(-c3ccccc3)c2)C2CC2)c2c(F)cccc21. The van der Waals surface area contributed by atoms with Gasteiger partial charge in [0.1, 0.15) is 11.4 Å². The number of fused-ring (bicyclic) bond motifs is 1. The maximum absolute atomic E-state index is 15.5. The van der Waals surface area contributed by atoms with Gasteiger partial charge in [-0.2, -0.15) is 0 Å². The molecule has 0 radical (unpaired) electrons. The summed E-state index contributed by atoms with van der Waals surface area (Å²) in [6, 6.07) is 23.8. The highest BCUT2D eigenvalue weighted by molar-refractivity contribution is 5.86. The number of hydrogen-bond donors (Lipinski definition) is 0. The summed E-state index contributed by atoms with van der Waals surface area (Å²) in [5, 5.41) is 0.548. The van der Waals surface area contributed by atoms with E-state index >= 15 is 9.18 Å². The summed E-state index contributed by atoms with van der Waals surface area (Å²) in [6.45, 7) is 8.09. The van der Waals surface area contributed by atoms with Crippen molar-refractivity contribution in [3.63, 3.8) is 0 Å². The second-order valence-corrected chi connectivity index (χ2v) is 14.7. The molecule has 9 heteroatoms. The third-order valence-corrected chi connectivity index (χ3v) is 9.83. The van der Waals surface area contributed by atoms with Crippen molar-refractivity contribution in [3.05, 3.63) is 95.9 Å². The van der Waals surface area contributed by atoms with Gasteiger partial charge in [-0.05, 0) is 74.4 Å². The van der Waals surface area contributed by atoms with Gasteiger partial charge >= 0.3 is 6.09 Å². The summed E-state index contributed by atoms with van der Waals surface area (Å²) in [4.78, 5) is 32.4. The number of rotatable bonds is 12. The van der Waals surface area contributed by atoms with Gasteiger partial charge in [-0.1, -0.05) is 60.7 Å². The molecule has 1 saturated carbocycles. The first-order chi connectivity index (χ1) is 24.1. The Morgan fingerprint density at radius 3 is 2.36 bits per heavy atom. The number of carbonyl (C=O) groups is 2. The summed E-state index contributed by atoms with van der Waals surface area (Å²) in [5.41, 5.74) is 4.10.